The van der Waals surface area contributed by atoms with Crippen LogP contribution in [0.4, 0.5) is 5.82 Å². The highest BCUT2D eigenvalue weighted by Gasteiger charge is 2.22. The Labute approximate surface area is 113 Å². The zero-order chi connectivity index (χ0) is 13.7. The summed E-state index contributed by atoms with van der Waals surface area (Å²) < 4.78 is 5.53. The first-order valence-electron chi connectivity index (χ1n) is 6.65. The predicted octanol–water partition coefficient (Wildman–Crippen LogP) is 1.26. The molecule has 1 fully saturated rings. The third-order valence-electron chi connectivity index (χ3n) is 3.35. The van der Waals surface area contributed by atoms with Gasteiger partial charge in [0, 0.05) is 19.3 Å². The summed E-state index contributed by atoms with van der Waals surface area (Å²) in [7, 11) is 0. The number of carbonyl (C=O) groups is 1. The lowest BCUT2D eigenvalue weighted by Gasteiger charge is -2.33. The van der Waals surface area contributed by atoms with Gasteiger partial charge in [-0.3, -0.25) is 4.79 Å². The number of aromatic nitrogens is 1. The Kier molecular flexibility index (Phi) is 4.87. The second-order valence-electron chi connectivity index (χ2n) is 4.71. The number of rotatable bonds is 5. The van der Waals surface area contributed by atoms with E-state index in [1.807, 2.05) is 6.07 Å². The summed E-state index contributed by atoms with van der Waals surface area (Å²) in [6.45, 7) is 3.68. The van der Waals surface area contributed by atoms with Crippen molar-refractivity contribution in [1.29, 1.82) is 0 Å². The van der Waals surface area contributed by atoms with Gasteiger partial charge in [-0.25, -0.2) is 4.98 Å². The SMILES string of the molecule is CC(=O)c1cccnc1N1CCC(OCCO)CC1. The van der Waals surface area contributed by atoms with Crippen LogP contribution in [0.3, 0.4) is 0 Å². The van der Waals surface area contributed by atoms with E-state index in [2.05, 4.69) is 9.88 Å². The Morgan fingerprint density at radius 1 is 1.53 bits per heavy atom. The van der Waals surface area contributed by atoms with Gasteiger partial charge < -0.3 is 14.7 Å². The standard InChI is InChI=1S/C14H20N2O3/c1-11(18)13-3-2-6-15-14(13)16-7-4-12(5-8-16)19-10-9-17/h2-3,6,12,17H,4-5,7-10H2,1H3. The Hall–Kier alpha value is -1.46. The molecule has 1 aromatic heterocycles. The van der Waals surface area contributed by atoms with Gasteiger partial charge in [-0.1, -0.05) is 0 Å². The molecule has 1 saturated heterocycles. The Morgan fingerprint density at radius 3 is 2.89 bits per heavy atom. The van der Waals surface area contributed by atoms with Gasteiger partial charge in [0.25, 0.3) is 0 Å². The summed E-state index contributed by atoms with van der Waals surface area (Å²) in [4.78, 5) is 18.1. The van der Waals surface area contributed by atoms with Crippen molar-refractivity contribution in [2.75, 3.05) is 31.2 Å². The number of aliphatic hydroxyl groups is 1. The minimum Gasteiger partial charge on any atom is -0.394 e. The molecule has 1 aromatic rings. The van der Waals surface area contributed by atoms with Crippen LogP contribution in [0.25, 0.3) is 0 Å². The number of piperidine rings is 1. The number of nitrogens with zero attached hydrogens (tertiary/aromatic N) is 2. The van der Waals surface area contributed by atoms with Crippen LogP contribution < -0.4 is 4.90 Å². The van der Waals surface area contributed by atoms with Crippen LogP contribution in [0.2, 0.25) is 0 Å². The summed E-state index contributed by atoms with van der Waals surface area (Å²) >= 11 is 0. The lowest BCUT2D eigenvalue weighted by atomic mass is 10.1. The molecule has 0 aliphatic carbocycles. The van der Waals surface area contributed by atoms with Crippen molar-refractivity contribution >= 4 is 11.6 Å². The number of Topliss-reactive ketones (excluding diaryl/α,β-unsaturated/α-hetero) is 1. The second kappa shape index (κ2) is 6.63. The van der Waals surface area contributed by atoms with Crippen molar-refractivity contribution in [2.24, 2.45) is 0 Å². The Bertz CT molecular complexity index is 428. The summed E-state index contributed by atoms with van der Waals surface area (Å²) in [5.41, 5.74) is 0.678. The molecule has 0 saturated carbocycles. The molecule has 2 heterocycles. The van der Waals surface area contributed by atoms with Gasteiger partial charge in [0.15, 0.2) is 5.78 Å². The number of ether oxygens (including phenoxy) is 1. The second-order valence-corrected chi connectivity index (χ2v) is 4.71. The number of hydrogen-bond acceptors (Lipinski definition) is 5. The first kappa shape index (κ1) is 14.0. The fourth-order valence-electron chi connectivity index (χ4n) is 2.38. The van der Waals surface area contributed by atoms with E-state index in [0.29, 0.717) is 12.2 Å². The van der Waals surface area contributed by atoms with E-state index in [9.17, 15) is 4.79 Å². The van der Waals surface area contributed by atoms with Crippen molar-refractivity contribution in [3.8, 4) is 0 Å². The average molecular weight is 264 g/mol. The molecular formula is C14H20N2O3. The van der Waals surface area contributed by atoms with E-state index in [0.717, 1.165) is 31.7 Å². The quantitative estimate of drug-likeness (QED) is 0.811. The molecule has 0 unspecified atom stereocenters. The molecule has 1 aliphatic rings. The molecule has 1 N–H and O–H groups in total. The maximum atomic E-state index is 11.6. The highest BCUT2D eigenvalue weighted by atomic mass is 16.5. The van der Waals surface area contributed by atoms with Gasteiger partial charge in [0.2, 0.25) is 0 Å². The van der Waals surface area contributed by atoms with Crippen molar-refractivity contribution in [2.45, 2.75) is 25.9 Å². The van der Waals surface area contributed by atoms with Gasteiger partial charge >= 0.3 is 0 Å². The van der Waals surface area contributed by atoms with Crippen LogP contribution in [0.1, 0.15) is 30.1 Å². The highest BCUT2D eigenvalue weighted by molar-refractivity contribution is 5.98. The van der Waals surface area contributed by atoms with Crippen LogP contribution >= 0.6 is 0 Å². The monoisotopic (exact) mass is 264 g/mol. The third-order valence-corrected chi connectivity index (χ3v) is 3.35. The summed E-state index contributed by atoms with van der Waals surface area (Å²) in [6.07, 6.45) is 3.71. The van der Waals surface area contributed by atoms with Gasteiger partial charge in [0.1, 0.15) is 5.82 Å². The maximum absolute atomic E-state index is 11.6. The van der Waals surface area contributed by atoms with Crippen molar-refractivity contribution in [3.05, 3.63) is 23.9 Å². The highest BCUT2D eigenvalue weighted by Crippen LogP contribution is 2.23. The lowest BCUT2D eigenvalue weighted by Crippen LogP contribution is -2.38. The number of hydrogen-bond donors (Lipinski definition) is 1. The smallest absolute Gasteiger partial charge is 0.163 e. The fourth-order valence-corrected chi connectivity index (χ4v) is 2.38. The number of pyridine rings is 1. The van der Waals surface area contributed by atoms with Gasteiger partial charge in [-0.2, -0.15) is 0 Å². The topological polar surface area (TPSA) is 62.7 Å². The number of aliphatic hydroxyl groups excluding tert-OH is 1. The van der Waals surface area contributed by atoms with Gasteiger partial charge in [-0.05, 0) is 31.9 Å². The van der Waals surface area contributed by atoms with Crippen LogP contribution in [0.5, 0.6) is 0 Å². The molecule has 104 valence electrons. The normalized spacial score (nSPS) is 16.6. The van der Waals surface area contributed by atoms with Gasteiger partial charge in [-0.15, -0.1) is 0 Å². The van der Waals surface area contributed by atoms with Crippen LogP contribution in [0.15, 0.2) is 18.3 Å². The van der Waals surface area contributed by atoms with Crippen molar-refractivity contribution in [1.82, 2.24) is 4.98 Å². The fraction of sp³-hybridized carbons (Fsp3) is 0.571. The minimum absolute atomic E-state index is 0.0433. The molecule has 0 amide bonds. The molecule has 0 spiro atoms. The summed E-state index contributed by atoms with van der Waals surface area (Å²) in [5, 5.41) is 8.74. The zero-order valence-corrected chi connectivity index (χ0v) is 11.2. The largest absolute Gasteiger partial charge is 0.394 e. The van der Waals surface area contributed by atoms with E-state index in [-0.39, 0.29) is 18.5 Å². The zero-order valence-electron chi connectivity index (χ0n) is 11.2. The minimum atomic E-state index is 0.0433. The van der Waals surface area contributed by atoms with Crippen LogP contribution in [0, 0.1) is 0 Å². The van der Waals surface area contributed by atoms with Crippen molar-refractivity contribution in [3.63, 3.8) is 0 Å². The maximum Gasteiger partial charge on any atom is 0.163 e. The van der Waals surface area contributed by atoms with Crippen LogP contribution in [-0.2, 0) is 4.74 Å². The van der Waals surface area contributed by atoms with E-state index in [1.165, 1.54) is 0 Å². The molecule has 2 rings (SSSR count). The molecule has 0 bridgehead atoms. The van der Waals surface area contributed by atoms with Crippen molar-refractivity contribution < 1.29 is 14.6 Å². The molecule has 5 nitrogen and oxygen atoms in total. The molecule has 1 aliphatic heterocycles. The number of carbonyl (C=O) groups excluding carboxylic acids is 1. The molecule has 19 heavy (non-hydrogen) atoms. The van der Waals surface area contributed by atoms with E-state index in [4.69, 9.17) is 9.84 Å². The predicted molar refractivity (Wildman–Crippen MR) is 72.5 cm³/mol. The molecular weight excluding hydrogens is 244 g/mol. The Morgan fingerprint density at radius 2 is 2.26 bits per heavy atom. The summed E-state index contributed by atoms with van der Waals surface area (Å²) in [6, 6.07) is 3.61. The molecule has 0 atom stereocenters. The number of ketones is 1. The summed E-state index contributed by atoms with van der Waals surface area (Å²) in [5.74, 6) is 0.817. The van der Waals surface area contributed by atoms with E-state index >= 15 is 0 Å². The molecule has 0 radical (unpaired) electrons. The van der Waals surface area contributed by atoms with Gasteiger partial charge in [0.05, 0.1) is 24.9 Å². The average Bonchev–Trinajstić information content (AvgIpc) is 2.45. The lowest BCUT2D eigenvalue weighted by molar-refractivity contribution is 0.0158. The third kappa shape index (κ3) is 3.52. The first-order chi connectivity index (χ1) is 9.22. The molecule has 0 aromatic carbocycles. The van der Waals surface area contributed by atoms with E-state index in [1.54, 1.807) is 19.2 Å². The number of anilines is 1. The van der Waals surface area contributed by atoms with Crippen LogP contribution in [-0.4, -0.2) is 48.3 Å². The first-order valence-corrected chi connectivity index (χ1v) is 6.65. The Balaban J connectivity index is 2.00. The molecule has 5 heteroatoms. The van der Waals surface area contributed by atoms with E-state index < -0.39 is 0 Å².